The van der Waals surface area contributed by atoms with E-state index >= 15 is 0 Å². The van der Waals surface area contributed by atoms with Gasteiger partial charge in [0.15, 0.2) is 17.5 Å². The van der Waals surface area contributed by atoms with E-state index in [9.17, 15) is 4.79 Å². The van der Waals surface area contributed by atoms with Gasteiger partial charge in [-0.25, -0.2) is 0 Å². The maximum Gasteiger partial charge on any atom is 0.253 e. The van der Waals surface area contributed by atoms with Crippen LogP contribution in [0.3, 0.4) is 0 Å². The molecule has 1 amide bonds. The third-order valence-corrected chi connectivity index (χ3v) is 5.60. The molecule has 0 aliphatic heterocycles. The Balaban J connectivity index is 0.00000385. The molecular weight excluding hydrogens is 531 g/mol. The van der Waals surface area contributed by atoms with Crippen LogP contribution < -0.4 is 20.1 Å². The lowest BCUT2D eigenvalue weighted by Crippen LogP contribution is -2.36. The summed E-state index contributed by atoms with van der Waals surface area (Å²) in [6.45, 7) is 1.16. The number of guanidine groups is 1. The molecule has 0 aromatic heterocycles. The van der Waals surface area contributed by atoms with Crippen molar-refractivity contribution in [2.45, 2.75) is 44.9 Å². The number of ether oxygens (including phenoxy) is 2. The second kappa shape index (κ2) is 13.3. The number of nitrogens with one attached hydrogen (secondary N) is 2. The molecule has 0 unspecified atom stereocenters. The van der Waals surface area contributed by atoms with E-state index in [1.165, 1.54) is 12.8 Å². The number of hydrogen-bond acceptors (Lipinski definition) is 4. The summed E-state index contributed by atoms with van der Waals surface area (Å²) in [6.07, 6.45) is 4.87. The molecule has 0 heterocycles. The average molecular weight is 566 g/mol. The Kier molecular flexibility index (Phi) is 10.8. The van der Waals surface area contributed by atoms with E-state index in [0.717, 1.165) is 35.5 Å². The van der Waals surface area contributed by atoms with Crippen molar-refractivity contribution < 1.29 is 14.3 Å². The van der Waals surface area contributed by atoms with Gasteiger partial charge < -0.3 is 25.0 Å². The van der Waals surface area contributed by atoms with E-state index in [1.54, 1.807) is 33.2 Å². The number of benzene rings is 2. The minimum absolute atomic E-state index is 0. The zero-order valence-electron chi connectivity index (χ0n) is 19.9. The summed E-state index contributed by atoms with van der Waals surface area (Å²) in [6, 6.07) is 13.6. The van der Waals surface area contributed by atoms with Crippen LogP contribution in [0, 0.1) is 0 Å². The Morgan fingerprint density at radius 2 is 1.73 bits per heavy atom. The molecule has 3 rings (SSSR count). The van der Waals surface area contributed by atoms with Crippen LogP contribution in [0.4, 0.5) is 0 Å². The largest absolute Gasteiger partial charge is 0.493 e. The van der Waals surface area contributed by atoms with Crippen molar-refractivity contribution in [3.05, 3.63) is 59.2 Å². The number of hydrogen-bond donors (Lipinski definition) is 2. The third-order valence-electron chi connectivity index (χ3n) is 5.60. The quantitative estimate of drug-likeness (QED) is 0.285. The van der Waals surface area contributed by atoms with Crippen LogP contribution >= 0.6 is 24.0 Å². The summed E-state index contributed by atoms with van der Waals surface area (Å²) in [4.78, 5) is 17.9. The first-order valence-electron chi connectivity index (χ1n) is 11.1. The Morgan fingerprint density at radius 3 is 2.33 bits per heavy atom. The van der Waals surface area contributed by atoms with Gasteiger partial charge in [-0.3, -0.25) is 9.79 Å². The van der Waals surface area contributed by atoms with Gasteiger partial charge in [0.05, 0.1) is 13.2 Å². The van der Waals surface area contributed by atoms with Gasteiger partial charge in [-0.2, -0.15) is 0 Å². The number of carbonyl (C=O) groups is 1. The topological polar surface area (TPSA) is 75.2 Å². The van der Waals surface area contributed by atoms with Gasteiger partial charge in [0.2, 0.25) is 0 Å². The Morgan fingerprint density at radius 1 is 1.06 bits per heavy atom. The molecule has 2 aromatic carbocycles. The zero-order valence-corrected chi connectivity index (χ0v) is 22.2. The van der Waals surface area contributed by atoms with E-state index in [2.05, 4.69) is 15.6 Å². The van der Waals surface area contributed by atoms with Crippen LogP contribution in [0.2, 0.25) is 0 Å². The maximum atomic E-state index is 12.0. The summed E-state index contributed by atoms with van der Waals surface area (Å²) >= 11 is 0. The number of para-hydroxylation sites is 1. The van der Waals surface area contributed by atoms with Crippen molar-refractivity contribution in [3.63, 3.8) is 0 Å². The van der Waals surface area contributed by atoms with Crippen LogP contribution in [0.5, 0.6) is 11.5 Å². The number of carbonyl (C=O) groups excluding carboxylic acids is 1. The first kappa shape index (κ1) is 26.8. The van der Waals surface area contributed by atoms with Crippen molar-refractivity contribution >= 4 is 35.8 Å². The zero-order chi connectivity index (χ0) is 22.9. The molecule has 8 heteroatoms. The minimum atomic E-state index is -0.00379. The molecule has 1 aliphatic rings. The summed E-state index contributed by atoms with van der Waals surface area (Å²) in [5.74, 6) is 2.25. The van der Waals surface area contributed by atoms with Gasteiger partial charge in [0.25, 0.3) is 5.91 Å². The maximum absolute atomic E-state index is 12.0. The van der Waals surface area contributed by atoms with Crippen molar-refractivity contribution in [1.29, 1.82) is 0 Å². The minimum Gasteiger partial charge on any atom is -0.493 e. The predicted molar refractivity (Wildman–Crippen MR) is 143 cm³/mol. The molecule has 7 nitrogen and oxygen atoms in total. The normalized spacial score (nSPS) is 13.8. The highest BCUT2D eigenvalue weighted by molar-refractivity contribution is 14.0. The number of nitrogens with zero attached hydrogens (tertiary/aromatic N) is 2. The van der Waals surface area contributed by atoms with Crippen LogP contribution in [0.1, 0.15) is 47.2 Å². The lowest BCUT2D eigenvalue weighted by atomic mass is 10.1. The van der Waals surface area contributed by atoms with Crippen molar-refractivity contribution in [2.75, 3.05) is 28.3 Å². The molecule has 2 N–H and O–H groups in total. The second-order valence-electron chi connectivity index (χ2n) is 8.15. The van der Waals surface area contributed by atoms with Crippen LogP contribution in [0.25, 0.3) is 0 Å². The Labute approximate surface area is 214 Å². The fourth-order valence-corrected chi connectivity index (χ4v) is 3.78. The molecular formula is C25H35IN4O3. The number of amides is 1. The van der Waals surface area contributed by atoms with Gasteiger partial charge in [0.1, 0.15) is 0 Å². The van der Waals surface area contributed by atoms with Gasteiger partial charge in [-0.15, -0.1) is 24.0 Å². The highest BCUT2D eigenvalue weighted by Gasteiger charge is 2.20. The SMILES string of the molecule is CN=C(NCc1ccc(C(=O)N(C)C)cc1)NCc1cccc(OC)c1OC1CCCC1.I. The van der Waals surface area contributed by atoms with Crippen LogP contribution in [0.15, 0.2) is 47.5 Å². The highest BCUT2D eigenvalue weighted by Crippen LogP contribution is 2.34. The van der Waals surface area contributed by atoms with Crippen LogP contribution in [-0.4, -0.2) is 51.1 Å². The molecule has 0 spiro atoms. The summed E-state index contributed by atoms with van der Waals surface area (Å²) < 4.78 is 11.9. The highest BCUT2D eigenvalue weighted by atomic mass is 127. The van der Waals surface area contributed by atoms with Gasteiger partial charge in [-0.1, -0.05) is 24.3 Å². The first-order valence-corrected chi connectivity index (χ1v) is 11.1. The third kappa shape index (κ3) is 7.52. The number of halogens is 1. The summed E-state index contributed by atoms with van der Waals surface area (Å²) in [5.41, 5.74) is 2.77. The lowest BCUT2D eigenvalue weighted by Gasteiger charge is -2.20. The molecule has 2 aromatic rings. The summed E-state index contributed by atoms with van der Waals surface area (Å²) in [5, 5.41) is 6.68. The molecule has 0 radical (unpaired) electrons. The molecule has 1 saturated carbocycles. The standard InChI is InChI=1S/C25H34N4O3.HI/c1-26-25(27-16-18-12-14-19(15-13-18)24(30)29(2)3)28-17-20-8-7-11-22(31-4)23(20)32-21-9-5-6-10-21;/h7-8,11-15,21H,5-6,9-10,16-17H2,1-4H3,(H2,26,27,28);1H. The van der Waals surface area contributed by atoms with E-state index in [4.69, 9.17) is 9.47 Å². The number of aliphatic imine (C=N–C) groups is 1. The Hall–Kier alpha value is -2.49. The second-order valence-corrected chi connectivity index (χ2v) is 8.15. The smallest absolute Gasteiger partial charge is 0.253 e. The first-order chi connectivity index (χ1) is 15.5. The predicted octanol–water partition coefficient (Wildman–Crippen LogP) is 4.20. The average Bonchev–Trinajstić information content (AvgIpc) is 3.33. The molecule has 0 bridgehead atoms. The fourth-order valence-electron chi connectivity index (χ4n) is 3.78. The van der Waals surface area contributed by atoms with E-state index < -0.39 is 0 Å². The van der Waals surface area contributed by atoms with Gasteiger partial charge in [-0.05, 0) is 49.4 Å². The molecule has 0 atom stereocenters. The van der Waals surface area contributed by atoms with Crippen LogP contribution in [-0.2, 0) is 13.1 Å². The van der Waals surface area contributed by atoms with Crippen molar-refractivity contribution in [3.8, 4) is 11.5 Å². The molecule has 0 saturated heterocycles. The lowest BCUT2D eigenvalue weighted by molar-refractivity contribution is 0.0827. The van der Waals surface area contributed by atoms with Crippen molar-refractivity contribution in [2.24, 2.45) is 4.99 Å². The molecule has 1 aliphatic carbocycles. The molecule has 1 fully saturated rings. The number of methoxy groups -OCH3 is 1. The van der Waals surface area contributed by atoms with E-state index in [-0.39, 0.29) is 36.0 Å². The van der Waals surface area contributed by atoms with Crippen molar-refractivity contribution in [1.82, 2.24) is 15.5 Å². The molecule has 33 heavy (non-hydrogen) atoms. The van der Waals surface area contributed by atoms with E-state index in [1.807, 2.05) is 42.5 Å². The fraction of sp³-hybridized carbons (Fsp3) is 0.440. The number of rotatable bonds is 8. The summed E-state index contributed by atoms with van der Waals surface area (Å²) in [7, 11) is 6.92. The molecule has 180 valence electrons. The Bertz CT molecular complexity index is 926. The van der Waals surface area contributed by atoms with E-state index in [0.29, 0.717) is 24.6 Å². The van der Waals surface area contributed by atoms with Gasteiger partial charge in [0, 0.05) is 45.4 Å². The monoisotopic (exact) mass is 566 g/mol. The van der Waals surface area contributed by atoms with Gasteiger partial charge >= 0.3 is 0 Å².